The van der Waals surface area contributed by atoms with E-state index in [0.29, 0.717) is 18.7 Å². The molecule has 2 heterocycles. The zero-order valence-corrected chi connectivity index (χ0v) is 12.9. The number of aromatic nitrogens is 1. The third-order valence-corrected chi connectivity index (χ3v) is 3.74. The number of fused-ring (bicyclic) bond motifs is 1. The van der Waals surface area contributed by atoms with Crippen LogP contribution in [0.1, 0.15) is 33.1 Å². The molecular formula is C17H18N2O3. The van der Waals surface area contributed by atoms with Crippen LogP contribution in [0.25, 0.3) is 11.0 Å². The minimum Gasteiger partial charge on any atom is -0.451 e. The van der Waals surface area contributed by atoms with Gasteiger partial charge >= 0.3 is 0 Å². The highest BCUT2D eigenvalue weighted by atomic mass is 16.5. The van der Waals surface area contributed by atoms with Gasteiger partial charge in [-0.05, 0) is 44.9 Å². The molecule has 0 saturated heterocycles. The zero-order chi connectivity index (χ0) is 15.7. The number of furan rings is 1. The summed E-state index contributed by atoms with van der Waals surface area (Å²) in [5.41, 5.74) is 3.74. The highest BCUT2D eigenvalue weighted by Crippen LogP contribution is 2.20. The highest BCUT2D eigenvalue weighted by molar-refractivity contribution is 5.96. The Morgan fingerprint density at radius 3 is 2.77 bits per heavy atom. The van der Waals surface area contributed by atoms with Gasteiger partial charge in [-0.25, -0.2) is 0 Å². The third-order valence-electron chi connectivity index (χ3n) is 3.74. The molecule has 1 aromatic carbocycles. The molecule has 22 heavy (non-hydrogen) atoms. The molecule has 1 N–H and O–H groups in total. The van der Waals surface area contributed by atoms with Crippen LogP contribution in [0, 0.1) is 20.8 Å². The van der Waals surface area contributed by atoms with Crippen LogP contribution in [0.5, 0.6) is 0 Å². The van der Waals surface area contributed by atoms with Gasteiger partial charge < -0.3 is 14.3 Å². The Bertz CT molecular complexity index is 810. The van der Waals surface area contributed by atoms with Crippen molar-refractivity contribution in [2.24, 2.45) is 0 Å². The number of nitrogens with zero attached hydrogens (tertiary/aromatic N) is 1. The van der Waals surface area contributed by atoms with Gasteiger partial charge in [-0.3, -0.25) is 4.79 Å². The Hall–Kier alpha value is -2.56. The van der Waals surface area contributed by atoms with Crippen LogP contribution in [-0.2, 0) is 6.42 Å². The van der Waals surface area contributed by atoms with Gasteiger partial charge in [0.15, 0.2) is 5.76 Å². The van der Waals surface area contributed by atoms with Crippen molar-refractivity contribution in [3.8, 4) is 0 Å². The molecule has 2 aromatic heterocycles. The zero-order valence-electron chi connectivity index (χ0n) is 12.9. The normalized spacial score (nSPS) is 11.0. The fourth-order valence-corrected chi connectivity index (χ4v) is 2.50. The number of aryl methyl sites for hydroxylation is 3. The number of hydrogen-bond acceptors (Lipinski definition) is 4. The second-order valence-corrected chi connectivity index (χ2v) is 5.46. The molecule has 3 aromatic rings. The van der Waals surface area contributed by atoms with E-state index in [-0.39, 0.29) is 5.91 Å². The lowest BCUT2D eigenvalue weighted by molar-refractivity contribution is 0.0928. The van der Waals surface area contributed by atoms with Crippen molar-refractivity contribution in [3.05, 3.63) is 52.6 Å². The molecule has 5 heteroatoms. The van der Waals surface area contributed by atoms with Gasteiger partial charge in [0.1, 0.15) is 11.3 Å². The van der Waals surface area contributed by atoms with Gasteiger partial charge in [0.05, 0.1) is 5.69 Å². The van der Waals surface area contributed by atoms with Crippen LogP contribution in [-0.4, -0.2) is 17.6 Å². The van der Waals surface area contributed by atoms with E-state index in [2.05, 4.69) is 10.5 Å². The Kier molecular flexibility index (Phi) is 3.71. The summed E-state index contributed by atoms with van der Waals surface area (Å²) in [6.45, 7) is 6.27. The maximum absolute atomic E-state index is 12.2. The number of amides is 1. The second-order valence-electron chi connectivity index (χ2n) is 5.46. The first kappa shape index (κ1) is 14.4. The summed E-state index contributed by atoms with van der Waals surface area (Å²) in [5.74, 6) is 0.922. The molecule has 0 radical (unpaired) electrons. The monoisotopic (exact) mass is 298 g/mol. The minimum atomic E-state index is -0.208. The van der Waals surface area contributed by atoms with Crippen molar-refractivity contribution in [1.29, 1.82) is 0 Å². The second kappa shape index (κ2) is 5.67. The molecule has 3 rings (SSSR count). The average Bonchev–Trinajstić information content (AvgIpc) is 3.04. The first-order valence-corrected chi connectivity index (χ1v) is 7.25. The molecule has 0 bridgehead atoms. The lowest BCUT2D eigenvalue weighted by Gasteiger charge is -2.02. The van der Waals surface area contributed by atoms with E-state index in [0.717, 1.165) is 33.6 Å². The van der Waals surface area contributed by atoms with Crippen LogP contribution in [0.4, 0.5) is 0 Å². The Morgan fingerprint density at radius 1 is 1.23 bits per heavy atom. The van der Waals surface area contributed by atoms with Crippen molar-refractivity contribution in [3.63, 3.8) is 0 Å². The van der Waals surface area contributed by atoms with Crippen molar-refractivity contribution in [2.45, 2.75) is 27.2 Å². The lowest BCUT2D eigenvalue weighted by Crippen LogP contribution is -2.25. The fraction of sp³-hybridized carbons (Fsp3) is 0.294. The van der Waals surface area contributed by atoms with E-state index >= 15 is 0 Å². The van der Waals surface area contributed by atoms with Crippen LogP contribution in [0.3, 0.4) is 0 Å². The summed E-state index contributed by atoms with van der Waals surface area (Å²) < 4.78 is 10.7. The minimum absolute atomic E-state index is 0.208. The number of carbonyl (C=O) groups excluding carboxylic acids is 1. The van der Waals surface area contributed by atoms with Gasteiger partial charge in [0, 0.05) is 17.5 Å². The van der Waals surface area contributed by atoms with Gasteiger partial charge in [-0.15, -0.1) is 0 Å². The van der Waals surface area contributed by atoms with E-state index < -0.39 is 0 Å². The smallest absolute Gasteiger partial charge is 0.287 e. The number of benzene rings is 1. The Balaban J connectivity index is 1.66. The number of nitrogens with one attached hydrogen (secondary N) is 1. The van der Waals surface area contributed by atoms with Gasteiger partial charge in [0.2, 0.25) is 0 Å². The summed E-state index contributed by atoms with van der Waals surface area (Å²) in [7, 11) is 0. The summed E-state index contributed by atoms with van der Waals surface area (Å²) >= 11 is 0. The summed E-state index contributed by atoms with van der Waals surface area (Å²) in [4.78, 5) is 12.2. The summed E-state index contributed by atoms with van der Waals surface area (Å²) in [5, 5.41) is 7.70. The molecule has 0 atom stereocenters. The maximum Gasteiger partial charge on any atom is 0.287 e. The summed E-state index contributed by atoms with van der Waals surface area (Å²) in [6, 6.07) is 7.64. The van der Waals surface area contributed by atoms with E-state index in [4.69, 9.17) is 8.94 Å². The summed E-state index contributed by atoms with van der Waals surface area (Å²) in [6.07, 6.45) is 0.687. The first-order chi connectivity index (χ1) is 10.5. The standard InChI is InChI=1S/C17H18N2O3/c1-10-4-5-13-9-16(21-15(13)8-10)17(20)18-7-6-14-11(2)19-22-12(14)3/h4-5,8-9H,6-7H2,1-3H3,(H,18,20). The maximum atomic E-state index is 12.2. The van der Waals surface area contributed by atoms with Crippen LogP contribution < -0.4 is 5.32 Å². The van der Waals surface area contributed by atoms with Crippen molar-refractivity contribution in [2.75, 3.05) is 6.54 Å². The van der Waals surface area contributed by atoms with E-state index in [1.807, 2.05) is 39.0 Å². The topological polar surface area (TPSA) is 68.3 Å². The van der Waals surface area contributed by atoms with Crippen LogP contribution in [0.15, 0.2) is 33.2 Å². The van der Waals surface area contributed by atoms with Crippen molar-refractivity contribution >= 4 is 16.9 Å². The molecule has 0 spiro atoms. The fourth-order valence-electron chi connectivity index (χ4n) is 2.50. The van der Waals surface area contributed by atoms with E-state index in [9.17, 15) is 4.79 Å². The number of rotatable bonds is 4. The van der Waals surface area contributed by atoms with E-state index in [1.54, 1.807) is 6.07 Å². The number of carbonyl (C=O) groups is 1. The van der Waals surface area contributed by atoms with Crippen LogP contribution in [0.2, 0.25) is 0 Å². The molecule has 0 aliphatic carbocycles. The largest absolute Gasteiger partial charge is 0.451 e. The van der Waals surface area contributed by atoms with Crippen molar-refractivity contribution < 1.29 is 13.7 Å². The SMILES string of the molecule is Cc1ccc2cc(C(=O)NCCc3c(C)noc3C)oc2c1. The number of hydrogen-bond donors (Lipinski definition) is 1. The van der Waals surface area contributed by atoms with Gasteiger partial charge in [-0.2, -0.15) is 0 Å². The molecule has 0 aliphatic rings. The Labute approximate surface area is 128 Å². The highest BCUT2D eigenvalue weighted by Gasteiger charge is 2.13. The van der Waals surface area contributed by atoms with Gasteiger partial charge in [0.25, 0.3) is 5.91 Å². The van der Waals surface area contributed by atoms with E-state index in [1.165, 1.54) is 0 Å². The molecule has 0 aliphatic heterocycles. The first-order valence-electron chi connectivity index (χ1n) is 7.25. The molecule has 0 unspecified atom stereocenters. The Morgan fingerprint density at radius 2 is 2.05 bits per heavy atom. The third kappa shape index (κ3) is 2.74. The average molecular weight is 298 g/mol. The molecule has 5 nitrogen and oxygen atoms in total. The van der Waals surface area contributed by atoms with Crippen LogP contribution >= 0.6 is 0 Å². The molecule has 114 valence electrons. The molecular weight excluding hydrogens is 280 g/mol. The predicted molar refractivity (Wildman–Crippen MR) is 83.0 cm³/mol. The molecule has 1 amide bonds. The predicted octanol–water partition coefficient (Wildman–Crippen LogP) is 3.32. The molecule has 0 fully saturated rings. The quantitative estimate of drug-likeness (QED) is 0.802. The van der Waals surface area contributed by atoms with Gasteiger partial charge in [-0.1, -0.05) is 17.3 Å². The molecule has 0 saturated carbocycles. The lowest BCUT2D eigenvalue weighted by atomic mass is 10.1. The van der Waals surface area contributed by atoms with Crippen molar-refractivity contribution in [1.82, 2.24) is 10.5 Å².